The van der Waals surface area contributed by atoms with Crippen molar-refractivity contribution in [2.45, 2.75) is 32.9 Å². The van der Waals surface area contributed by atoms with Gasteiger partial charge in [0.05, 0.1) is 18.8 Å². The van der Waals surface area contributed by atoms with Gasteiger partial charge in [-0.2, -0.15) is 0 Å². The van der Waals surface area contributed by atoms with E-state index in [0.29, 0.717) is 21.5 Å². The summed E-state index contributed by atoms with van der Waals surface area (Å²) < 4.78 is 5.29. The van der Waals surface area contributed by atoms with Crippen molar-refractivity contribution in [2.24, 2.45) is 0 Å². The molecule has 1 amide bonds. The van der Waals surface area contributed by atoms with Crippen LogP contribution in [0.3, 0.4) is 0 Å². The third-order valence-corrected chi connectivity index (χ3v) is 4.62. The molecule has 0 aliphatic rings. The number of anilines is 1. The quantitative estimate of drug-likeness (QED) is 0.741. The molecular weight excluding hydrogens is 359 g/mol. The number of methoxy groups -OCH3 is 1. The summed E-state index contributed by atoms with van der Waals surface area (Å²) in [4.78, 5) is 12.5. The molecule has 2 rings (SSSR count). The zero-order valence-corrected chi connectivity index (χ0v) is 16.2. The monoisotopic (exact) mass is 380 g/mol. The Hall–Kier alpha value is -1.75. The van der Waals surface area contributed by atoms with Crippen LogP contribution in [0.2, 0.25) is 10.0 Å². The zero-order chi connectivity index (χ0) is 18.6. The lowest BCUT2D eigenvalue weighted by Crippen LogP contribution is -2.39. The van der Waals surface area contributed by atoms with E-state index in [1.54, 1.807) is 19.2 Å². The lowest BCUT2D eigenvalue weighted by molar-refractivity contribution is -0.117. The first-order valence-corrected chi connectivity index (χ1v) is 8.74. The van der Waals surface area contributed by atoms with Crippen molar-refractivity contribution in [3.8, 4) is 5.75 Å². The number of carbonyl (C=O) groups is 1. The first kappa shape index (κ1) is 19.6. The summed E-state index contributed by atoms with van der Waals surface area (Å²) in [5, 5.41) is 7.42. The number of amides is 1. The second-order valence-electron chi connectivity index (χ2n) is 5.96. The maximum atomic E-state index is 12.5. The van der Waals surface area contributed by atoms with Crippen LogP contribution in [0.15, 0.2) is 36.4 Å². The standard InChI is InChI=1S/C19H22Cl2N2O2/c1-11-8-17(18(25-4)10-16(11)21)23-19(24)13(3)22-12(2)14-6-5-7-15(20)9-14/h5-10,12-13,22H,1-4H3,(H,23,24). The molecule has 0 aliphatic carbocycles. The van der Waals surface area contributed by atoms with Gasteiger partial charge in [-0.1, -0.05) is 35.3 Å². The minimum atomic E-state index is -0.408. The van der Waals surface area contributed by atoms with Gasteiger partial charge >= 0.3 is 0 Å². The van der Waals surface area contributed by atoms with Gasteiger partial charge in [-0.15, -0.1) is 0 Å². The van der Waals surface area contributed by atoms with Crippen molar-refractivity contribution in [3.05, 3.63) is 57.6 Å². The van der Waals surface area contributed by atoms with Gasteiger partial charge in [-0.25, -0.2) is 0 Å². The maximum absolute atomic E-state index is 12.5. The van der Waals surface area contributed by atoms with Crippen molar-refractivity contribution >= 4 is 34.8 Å². The van der Waals surface area contributed by atoms with E-state index in [-0.39, 0.29) is 11.9 Å². The molecule has 0 aliphatic heterocycles. The number of benzene rings is 2. The molecule has 0 spiro atoms. The summed E-state index contributed by atoms with van der Waals surface area (Å²) in [6, 6.07) is 10.6. The summed E-state index contributed by atoms with van der Waals surface area (Å²) in [7, 11) is 1.54. The Morgan fingerprint density at radius 2 is 1.88 bits per heavy atom. The van der Waals surface area contributed by atoms with Crippen LogP contribution < -0.4 is 15.4 Å². The SMILES string of the molecule is COc1cc(Cl)c(C)cc1NC(=O)C(C)NC(C)c1cccc(Cl)c1. The third-order valence-electron chi connectivity index (χ3n) is 3.98. The fourth-order valence-corrected chi connectivity index (χ4v) is 2.85. The Balaban J connectivity index is 2.07. The van der Waals surface area contributed by atoms with Gasteiger partial charge in [0, 0.05) is 22.2 Å². The number of hydrogen-bond donors (Lipinski definition) is 2. The average Bonchev–Trinajstić information content (AvgIpc) is 2.57. The highest BCUT2D eigenvalue weighted by molar-refractivity contribution is 6.31. The first-order chi connectivity index (χ1) is 11.8. The van der Waals surface area contributed by atoms with Crippen LogP contribution in [0.5, 0.6) is 5.75 Å². The summed E-state index contributed by atoms with van der Waals surface area (Å²) in [5.41, 5.74) is 2.48. The Bertz CT molecular complexity index is 765. The van der Waals surface area contributed by atoms with Gasteiger partial charge in [0.2, 0.25) is 5.91 Å². The Morgan fingerprint density at radius 3 is 2.52 bits per heavy atom. The molecule has 25 heavy (non-hydrogen) atoms. The van der Waals surface area contributed by atoms with Gasteiger partial charge in [0.25, 0.3) is 0 Å². The average molecular weight is 381 g/mol. The molecule has 2 aromatic rings. The highest BCUT2D eigenvalue weighted by atomic mass is 35.5. The van der Waals surface area contributed by atoms with Crippen molar-refractivity contribution in [1.29, 1.82) is 0 Å². The van der Waals surface area contributed by atoms with Crippen LogP contribution in [-0.4, -0.2) is 19.1 Å². The summed E-state index contributed by atoms with van der Waals surface area (Å²) >= 11 is 12.1. The first-order valence-electron chi connectivity index (χ1n) is 7.98. The van der Waals surface area contributed by atoms with E-state index in [2.05, 4.69) is 10.6 Å². The third kappa shape index (κ3) is 5.11. The van der Waals surface area contributed by atoms with Gasteiger partial charge in [-0.05, 0) is 50.1 Å². The van der Waals surface area contributed by atoms with Crippen LogP contribution in [-0.2, 0) is 4.79 Å². The predicted octanol–water partition coefficient (Wildman–Crippen LogP) is 4.99. The summed E-state index contributed by atoms with van der Waals surface area (Å²) in [6.07, 6.45) is 0. The molecule has 2 N–H and O–H groups in total. The van der Waals surface area contributed by atoms with Gasteiger partial charge in [0.1, 0.15) is 5.75 Å². The largest absolute Gasteiger partial charge is 0.495 e. The summed E-state index contributed by atoms with van der Waals surface area (Å²) in [6.45, 7) is 5.68. The second-order valence-corrected chi connectivity index (χ2v) is 6.80. The smallest absolute Gasteiger partial charge is 0.241 e. The van der Waals surface area contributed by atoms with Crippen LogP contribution >= 0.6 is 23.2 Å². The number of halogens is 2. The van der Waals surface area contributed by atoms with Gasteiger partial charge in [0.15, 0.2) is 0 Å². The molecule has 134 valence electrons. The molecule has 0 bridgehead atoms. The molecule has 0 aromatic heterocycles. The minimum absolute atomic E-state index is 0.0201. The van der Waals surface area contributed by atoms with Crippen LogP contribution in [0.1, 0.15) is 31.0 Å². The highest BCUT2D eigenvalue weighted by Crippen LogP contribution is 2.31. The summed E-state index contributed by atoms with van der Waals surface area (Å²) in [5.74, 6) is 0.368. The molecule has 2 unspecified atom stereocenters. The number of aryl methyl sites for hydroxylation is 1. The molecule has 2 aromatic carbocycles. The topological polar surface area (TPSA) is 50.4 Å². The van der Waals surface area contributed by atoms with E-state index >= 15 is 0 Å². The molecule has 6 heteroatoms. The lowest BCUT2D eigenvalue weighted by Gasteiger charge is -2.21. The maximum Gasteiger partial charge on any atom is 0.241 e. The zero-order valence-electron chi connectivity index (χ0n) is 14.7. The van der Waals surface area contributed by atoms with Crippen molar-refractivity contribution < 1.29 is 9.53 Å². The number of ether oxygens (including phenoxy) is 1. The molecule has 0 fully saturated rings. The van der Waals surface area contributed by atoms with Crippen LogP contribution in [0, 0.1) is 6.92 Å². The van der Waals surface area contributed by atoms with Crippen LogP contribution in [0.4, 0.5) is 5.69 Å². The van der Waals surface area contributed by atoms with E-state index in [9.17, 15) is 4.79 Å². The van der Waals surface area contributed by atoms with Gasteiger partial charge in [-0.3, -0.25) is 10.1 Å². The molecular formula is C19H22Cl2N2O2. The van der Waals surface area contributed by atoms with Crippen molar-refractivity contribution in [1.82, 2.24) is 5.32 Å². The van der Waals surface area contributed by atoms with E-state index in [0.717, 1.165) is 11.1 Å². The van der Waals surface area contributed by atoms with Crippen molar-refractivity contribution in [2.75, 3.05) is 12.4 Å². The number of carbonyl (C=O) groups excluding carboxylic acids is 1. The second kappa shape index (κ2) is 8.56. The minimum Gasteiger partial charge on any atom is -0.495 e. The molecule has 0 radical (unpaired) electrons. The predicted molar refractivity (Wildman–Crippen MR) is 104 cm³/mol. The highest BCUT2D eigenvalue weighted by Gasteiger charge is 2.18. The number of rotatable bonds is 6. The Morgan fingerprint density at radius 1 is 1.16 bits per heavy atom. The van der Waals surface area contributed by atoms with E-state index < -0.39 is 6.04 Å². The van der Waals surface area contributed by atoms with Crippen molar-refractivity contribution in [3.63, 3.8) is 0 Å². The molecule has 2 atom stereocenters. The van der Waals surface area contributed by atoms with E-state index in [1.165, 1.54) is 0 Å². The fourth-order valence-electron chi connectivity index (χ4n) is 2.49. The number of nitrogens with one attached hydrogen (secondary N) is 2. The van der Waals surface area contributed by atoms with E-state index in [4.69, 9.17) is 27.9 Å². The van der Waals surface area contributed by atoms with E-state index in [1.807, 2.05) is 45.0 Å². The normalized spacial score (nSPS) is 13.2. The molecule has 0 heterocycles. The molecule has 4 nitrogen and oxygen atoms in total. The lowest BCUT2D eigenvalue weighted by atomic mass is 10.1. The van der Waals surface area contributed by atoms with Gasteiger partial charge < -0.3 is 10.1 Å². The Kier molecular flexibility index (Phi) is 6.71. The van der Waals surface area contributed by atoms with Crippen LogP contribution in [0.25, 0.3) is 0 Å². The molecule has 0 saturated heterocycles. The fraction of sp³-hybridized carbons (Fsp3) is 0.316. The number of hydrogen-bond acceptors (Lipinski definition) is 3. The Labute approximate surface area is 158 Å². The molecule has 0 saturated carbocycles.